The molecule has 0 unspecified atom stereocenters. The number of esters is 1. The molecule has 0 heterocycles. The summed E-state index contributed by atoms with van der Waals surface area (Å²) in [6.07, 6.45) is 0. The number of phenols is 1. The highest BCUT2D eigenvalue weighted by Crippen LogP contribution is 2.67. The van der Waals surface area contributed by atoms with Gasteiger partial charge in [0, 0.05) is 0 Å². The van der Waals surface area contributed by atoms with E-state index < -0.39 is 5.41 Å². The molecule has 0 aliphatic rings. The molecule has 28 heavy (non-hydrogen) atoms. The molecule has 2 rings (SSSR count). The highest BCUT2D eigenvalue weighted by molar-refractivity contribution is 14.3. The Bertz CT molecular complexity index is 807. The molecule has 0 aromatic heterocycles. The van der Waals surface area contributed by atoms with Crippen LogP contribution in [0.1, 0.15) is 25.0 Å². The molecular weight excluding hydrogens is 1040 g/mol. The molecule has 2 aromatic rings. The molecule has 0 bridgehead atoms. The van der Waals surface area contributed by atoms with Crippen LogP contribution in [-0.2, 0) is 10.2 Å². The van der Waals surface area contributed by atoms with E-state index in [-0.39, 0.29) is 16.5 Å². The topological polar surface area (TPSA) is 46.5 Å². The summed E-state index contributed by atoms with van der Waals surface area (Å²) in [5.41, 5.74) is 1.81. The summed E-state index contributed by atoms with van der Waals surface area (Å²) in [6, 6.07) is 15.2. The van der Waals surface area contributed by atoms with Crippen LogP contribution < -0.4 is 4.74 Å². The van der Waals surface area contributed by atoms with Gasteiger partial charge < -0.3 is 9.84 Å². The molecule has 0 aliphatic heterocycles. The molecular formula is C19H16I6O3. The quantitative estimate of drug-likeness (QED) is 0.138. The van der Waals surface area contributed by atoms with Crippen LogP contribution in [0.15, 0.2) is 48.5 Å². The van der Waals surface area contributed by atoms with Crippen molar-refractivity contribution in [2.75, 3.05) is 0 Å². The Labute approximate surface area is 247 Å². The predicted molar refractivity (Wildman–Crippen MR) is 165 cm³/mol. The third-order valence-corrected chi connectivity index (χ3v) is 8.98. The largest absolute Gasteiger partial charge is 0.508 e. The fourth-order valence-electron chi connectivity index (χ4n) is 2.70. The van der Waals surface area contributed by atoms with Gasteiger partial charge in [0.25, 0.3) is 0 Å². The molecule has 0 saturated carbocycles. The molecule has 0 aliphatic carbocycles. The third-order valence-electron chi connectivity index (χ3n) is 4.13. The van der Waals surface area contributed by atoms with Crippen molar-refractivity contribution in [3.05, 3.63) is 59.7 Å². The number of hydrogen-bond donors (Lipinski definition) is 1. The summed E-state index contributed by atoms with van der Waals surface area (Å²) >= 11 is 14.9. The Morgan fingerprint density at radius 3 is 1.57 bits per heavy atom. The first-order chi connectivity index (χ1) is 12.8. The van der Waals surface area contributed by atoms with Crippen molar-refractivity contribution < 1.29 is 14.6 Å². The Hall–Kier alpha value is 2.09. The van der Waals surface area contributed by atoms with Crippen molar-refractivity contribution in [1.29, 1.82) is 0 Å². The van der Waals surface area contributed by atoms with Gasteiger partial charge in [0.2, 0.25) is 0 Å². The number of phenolic OH excluding ortho intramolecular Hbond substituents is 1. The fraction of sp³-hybridized carbons (Fsp3) is 0.316. The molecule has 0 saturated heterocycles. The smallest absolute Gasteiger partial charge is 0.313 e. The molecule has 152 valence electrons. The number of rotatable bonds is 6. The molecule has 2 aromatic carbocycles. The van der Waals surface area contributed by atoms with Gasteiger partial charge in [-0.15, -0.1) is 0 Å². The zero-order valence-electron chi connectivity index (χ0n) is 14.7. The maximum absolute atomic E-state index is 11.9. The number of halogens is 6. The number of ether oxygens (including phenoxy) is 1. The van der Waals surface area contributed by atoms with Crippen LogP contribution in [-0.4, -0.2) is 9.95 Å². The summed E-state index contributed by atoms with van der Waals surface area (Å²) in [4.78, 5) is 11.9. The molecule has 0 atom stereocenters. The van der Waals surface area contributed by atoms with Crippen LogP contribution in [0.3, 0.4) is 0 Å². The number of benzene rings is 2. The Morgan fingerprint density at radius 2 is 1.21 bits per heavy atom. The first-order valence-corrected chi connectivity index (χ1v) is 14.5. The minimum atomic E-state index is -0.405. The average molecular weight is 1050 g/mol. The Morgan fingerprint density at radius 1 is 0.821 bits per heavy atom. The van der Waals surface area contributed by atoms with E-state index in [1.54, 1.807) is 12.1 Å². The summed E-state index contributed by atoms with van der Waals surface area (Å²) in [6.45, 7) is 3.64. The molecule has 1 N–H and O–H groups in total. The van der Waals surface area contributed by atoms with Gasteiger partial charge in [-0.2, -0.15) is 0 Å². The van der Waals surface area contributed by atoms with Crippen LogP contribution in [0, 0.1) is 5.92 Å². The van der Waals surface area contributed by atoms with Gasteiger partial charge in [0.05, 0.1) is 11.3 Å². The van der Waals surface area contributed by atoms with Crippen LogP contribution in [0.25, 0.3) is 0 Å². The second-order valence-electron chi connectivity index (χ2n) is 6.39. The van der Waals surface area contributed by atoms with E-state index in [2.05, 4.69) is 136 Å². The van der Waals surface area contributed by atoms with Crippen molar-refractivity contribution in [2.45, 2.75) is 18.1 Å². The van der Waals surface area contributed by atoms with E-state index in [0.29, 0.717) is 5.75 Å². The summed E-state index contributed by atoms with van der Waals surface area (Å²) in [5, 5.41) is 9.80. The summed E-state index contributed by atoms with van der Waals surface area (Å²) < 4.78 is 5.00. The number of carbonyl (C=O) groups is 1. The van der Waals surface area contributed by atoms with E-state index in [1.807, 2.05) is 50.2 Å². The minimum Gasteiger partial charge on any atom is -0.508 e. The fourth-order valence-corrected chi connectivity index (χ4v) is 13.5. The molecule has 3 nitrogen and oxygen atoms in total. The van der Waals surface area contributed by atoms with E-state index in [1.165, 1.54) is 0 Å². The number of alkyl halides is 6. The van der Waals surface area contributed by atoms with Crippen molar-refractivity contribution in [3.63, 3.8) is 0 Å². The lowest BCUT2D eigenvalue weighted by Crippen LogP contribution is -2.49. The van der Waals surface area contributed by atoms with E-state index in [4.69, 9.17) is 4.74 Å². The van der Waals surface area contributed by atoms with Crippen molar-refractivity contribution in [3.8, 4) is 11.5 Å². The Balaban J connectivity index is 2.66. The highest BCUT2D eigenvalue weighted by Gasteiger charge is 2.60. The van der Waals surface area contributed by atoms with E-state index in [0.717, 1.165) is 11.1 Å². The number of hydrogen-bond acceptors (Lipinski definition) is 3. The minimum absolute atomic E-state index is 0.174. The van der Waals surface area contributed by atoms with Crippen molar-refractivity contribution >= 4 is 142 Å². The van der Waals surface area contributed by atoms with Crippen molar-refractivity contribution in [1.82, 2.24) is 0 Å². The molecule has 0 amide bonds. The third kappa shape index (κ3) is 5.71. The van der Waals surface area contributed by atoms with Crippen LogP contribution >= 0.6 is 136 Å². The zero-order valence-corrected chi connectivity index (χ0v) is 27.7. The first kappa shape index (κ1) is 26.3. The summed E-state index contributed by atoms with van der Waals surface area (Å²) in [5.74, 6) is 0.376. The molecule has 0 fully saturated rings. The van der Waals surface area contributed by atoms with Gasteiger partial charge in [-0.1, -0.05) is 174 Å². The monoisotopic (exact) mass is 1050 g/mol. The van der Waals surface area contributed by atoms with Gasteiger partial charge in [0.1, 0.15) is 10.4 Å². The molecule has 0 spiro atoms. The van der Waals surface area contributed by atoms with Crippen LogP contribution in [0.4, 0.5) is 0 Å². The lowest BCUT2D eigenvalue weighted by Gasteiger charge is -2.48. The predicted octanol–water partition coefficient (Wildman–Crippen LogP) is 8.16. The van der Waals surface area contributed by atoms with Gasteiger partial charge in [-0.05, 0) is 35.4 Å². The lowest BCUT2D eigenvalue weighted by atomic mass is 9.78. The second kappa shape index (κ2) is 10.4. The van der Waals surface area contributed by atoms with E-state index >= 15 is 0 Å². The summed E-state index contributed by atoms with van der Waals surface area (Å²) in [7, 11) is 0. The lowest BCUT2D eigenvalue weighted by molar-refractivity contribution is -0.137. The molecule has 9 heteroatoms. The van der Waals surface area contributed by atoms with Gasteiger partial charge in [-0.3, -0.25) is 4.79 Å². The maximum atomic E-state index is 11.9. The highest BCUT2D eigenvalue weighted by atomic mass is 127. The van der Waals surface area contributed by atoms with Crippen LogP contribution in [0.2, 0.25) is 0 Å². The zero-order chi connectivity index (χ0) is 21.3. The van der Waals surface area contributed by atoms with Gasteiger partial charge in [0.15, 0.2) is 0 Å². The number of aromatic hydroxyl groups is 1. The molecule has 0 radical (unpaired) electrons. The van der Waals surface area contributed by atoms with E-state index in [9.17, 15) is 9.90 Å². The first-order valence-electron chi connectivity index (χ1n) is 8.06. The maximum Gasteiger partial charge on any atom is 0.313 e. The second-order valence-corrected chi connectivity index (χ2v) is 28.5. The van der Waals surface area contributed by atoms with Crippen molar-refractivity contribution in [2.24, 2.45) is 5.92 Å². The van der Waals surface area contributed by atoms with Gasteiger partial charge in [-0.25, -0.2) is 0 Å². The average Bonchev–Trinajstić information content (AvgIpc) is 2.56. The number of carbonyl (C=O) groups excluding carboxylic acids is 1. The Kier molecular flexibility index (Phi) is 9.74. The normalized spacial score (nSPS) is 12.9. The standard InChI is InChI=1S/C19H16I6O3/c1-11(2)16(27)28-15-9-5-13(6-10-15)17(18(20,21)22,19(23,24)25)12-3-7-14(26)8-4-12/h3-11,26H,1-2H3. The SMILES string of the molecule is CC(C)C(=O)Oc1ccc(C(c2ccc(O)cc2)(C(I)(I)I)C(I)(I)I)cc1. The van der Waals surface area contributed by atoms with Gasteiger partial charge >= 0.3 is 5.97 Å². The van der Waals surface area contributed by atoms with Crippen LogP contribution in [0.5, 0.6) is 11.5 Å².